The van der Waals surface area contributed by atoms with E-state index in [0.29, 0.717) is 12.1 Å². The Balaban J connectivity index is 2.10. The van der Waals surface area contributed by atoms with Gasteiger partial charge in [0.15, 0.2) is 0 Å². The molecule has 4 heteroatoms. The molecule has 0 unspecified atom stereocenters. The van der Waals surface area contributed by atoms with Crippen LogP contribution in [0.25, 0.3) is 16.6 Å². The average Bonchev–Trinajstić information content (AvgIpc) is 3.00. The number of para-hydroxylation sites is 1. The van der Waals surface area contributed by atoms with Crippen molar-refractivity contribution in [3.8, 4) is 5.69 Å². The SMILES string of the molecule is COC(=O)c1ccc2c(c1)c(CCCCN)cn2-c1ccccc1. The van der Waals surface area contributed by atoms with Gasteiger partial charge in [-0.15, -0.1) is 0 Å². The highest BCUT2D eigenvalue weighted by molar-refractivity contribution is 5.96. The van der Waals surface area contributed by atoms with Crippen molar-refractivity contribution in [1.29, 1.82) is 0 Å². The number of aromatic nitrogens is 1. The fraction of sp³-hybridized carbons (Fsp3) is 0.250. The lowest BCUT2D eigenvalue weighted by atomic mass is 10.0. The Morgan fingerprint density at radius 3 is 2.62 bits per heavy atom. The summed E-state index contributed by atoms with van der Waals surface area (Å²) in [6.45, 7) is 0.699. The maximum Gasteiger partial charge on any atom is 0.337 e. The van der Waals surface area contributed by atoms with E-state index in [1.54, 1.807) is 0 Å². The predicted octanol–water partition coefficient (Wildman–Crippen LogP) is 3.70. The van der Waals surface area contributed by atoms with Gasteiger partial charge in [-0.25, -0.2) is 4.79 Å². The third kappa shape index (κ3) is 3.19. The van der Waals surface area contributed by atoms with Crippen LogP contribution in [0.1, 0.15) is 28.8 Å². The molecule has 0 saturated carbocycles. The fourth-order valence-electron chi connectivity index (χ4n) is 3.00. The Bertz CT molecular complexity index is 837. The Kier molecular flexibility index (Phi) is 4.96. The van der Waals surface area contributed by atoms with Gasteiger partial charge in [0, 0.05) is 17.3 Å². The molecule has 0 aliphatic rings. The zero-order valence-electron chi connectivity index (χ0n) is 13.9. The molecule has 3 rings (SSSR count). The monoisotopic (exact) mass is 322 g/mol. The second kappa shape index (κ2) is 7.32. The van der Waals surface area contributed by atoms with E-state index < -0.39 is 0 Å². The quantitative estimate of drug-likeness (QED) is 0.556. The molecule has 0 radical (unpaired) electrons. The highest BCUT2D eigenvalue weighted by Gasteiger charge is 2.13. The molecule has 4 nitrogen and oxygen atoms in total. The molecule has 0 aliphatic carbocycles. The van der Waals surface area contributed by atoms with Crippen LogP contribution >= 0.6 is 0 Å². The summed E-state index contributed by atoms with van der Waals surface area (Å²) in [7, 11) is 1.41. The van der Waals surface area contributed by atoms with E-state index in [-0.39, 0.29) is 5.97 Å². The number of esters is 1. The molecule has 0 amide bonds. The van der Waals surface area contributed by atoms with E-state index in [1.165, 1.54) is 12.7 Å². The molecule has 3 aromatic rings. The van der Waals surface area contributed by atoms with Crippen molar-refractivity contribution in [3.63, 3.8) is 0 Å². The largest absolute Gasteiger partial charge is 0.465 e. The summed E-state index contributed by atoms with van der Waals surface area (Å²) in [4.78, 5) is 11.9. The van der Waals surface area contributed by atoms with Crippen molar-refractivity contribution < 1.29 is 9.53 Å². The molecule has 24 heavy (non-hydrogen) atoms. The molecule has 2 aromatic carbocycles. The lowest BCUT2D eigenvalue weighted by Gasteiger charge is -2.05. The van der Waals surface area contributed by atoms with Crippen LogP contribution in [-0.2, 0) is 11.2 Å². The zero-order valence-corrected chi connectivity index (χ0v) is 13.9. The number of rotatable bonds is 6. The minimum Gasteiger partial charge on any atom is -0.465 e. The maximum atomic E-state index is 11.9. The Morgan fingerprint density at radius 1 is 1.12 bits per heavy atom. The van der Waals surface area contributed by atoms with E-state index in [4.69, 9.17) is 10.5 Å². The van der Waals surface area contributed by atoms with Gasteiger partial charge in [0.2, 0.25) is 0 Å². The first-order valence-electron chi connectivity index (χ1n) is 8.22. The Hall–Kier alpha value is -2.59. The van der Waals surface area contributed by atoms with Gasteiger partial charge in [0.1, 0.15) is 0 Å². The first-order valence-corrected chi connectivity index (χ1v) is 8.22. The van der Waals surface area contributed by atoms with Crippen molar-refractivity contribution in [2.75, 3.05) is 13.7 Å². The summed E-state index contributed by atoms with van der Waals surface area (Å²) < 4.78 is 7.03. The van der Waals surface area contributed by atoms with Crippen LogP contribution in [0.5, 0.6) is 0 Å². The standard InChI is InChI=1S/C20H22N2O2/c1-24-20(23)15-10-11-19-18(13-15)16(7-5-6-12-21)14-22(19)17-8-3-2-4-9-17/h2-4,8-11,13-14H,5-7,12,21H2,1H3. The second-order valence-electron chi connectivity index (χ2n) is 5.83. The molecule has 0 fully saturated rings. The maximum absolute atomic E-state index is 11.9. The molecule has 124 valence electrons. The van der Waals surface area contributed by atoms with Crippen LogP contribution in [-0.4, -0.2) is 24.2 Å². The second-order valence-corrected chi connectivity index (χ2v) is 5.83. The molecule has 0 saturated heterocycles. The van der Waals surface area contributed by atoms with Crippen LogP contribution in [0.15, 0.2) is 54.7 Å². The fourth-order valence-corrected chi connectivity index (χ4v) is 3.00. The first-order chi connectivity index (χ1) is 11.7. The minimum absolute atomic E-state index is 0.308. The molecule has 1 heterocycles. The molecule has 0 aliphatic heterocycles. The van der Waals surface area contributed by atoms with Crippen molar-refractivity contribution in [2.45, 2.75) is 19.3 Å². The van der Waals surface area contributed by atoms with Crippen LogP contribution in [0.4, 0.5) is 0 Å². The lowest BCUT2D eigenvalue weighted by molar-refractivity contribution is 0.0601. The van der Waals surface area contributed by atoms with Crippen LogP contribution < -0.4 is 5.73 Å². The number of aryl methyl sites for hydroxylation is 1. The van der Waals surface area contributed by atoms with Gasteiger partial charge in [-0.2, -0.15) is 0 Å². The van der Waals surface area contributed by atoms with Crippen LogP contribution in [0.3, 0.4) is 0 Å². The van der Waals surface area contributed by atoms with Gasteiger partial charge in [-0.1, -0.05) is 18.2 Å². The van der Waals surface area contributed by atoms with Gasteiger partial charge in [-0.3, -0.25) is 0 Å². The normalized spacial score (nSPS) is 10.9. The van der Waals surface area contributed by atoms with Gasteiger partial charge in [0.25, 0.3) is 0 Å². The van der Waals surface area contributed by atoms with Gasteiger partial charge in [0.05, 0.1) is 18.2 Å². The number of hydrogen-bond donors (Lipinski definition) is 1. The van der Waals surface area contributed by atoms with E-state index in [1.807, 2.05) is 36.4 Å². The molecule has 0 spiro atoms. The van der Waals surface area contributed by atoms with Gasteiger partial charge < -0.3 is 15.0 Å². The van der Waals surface area contributed by atoms with Gasteiger partial charge >= 0.3 is 5.97 Å². The summed E-state index contributed by atoms with van der Waals surface area (Å²) >= 11 is 0. The molecular weight excluding hydrogens is 300 g/mol. The minimum atomic E-state index is -0.308. The van der Waals surface area contributed by atoms with Crippen LogP contribution in [0, 0.1) is 0 Å². The molecule has 2 N–H and O–H groups in total. The Morgan fingerprint density at radius 2 is 1.92 bits per heavy atom. The lowest BCUT2D eigenvalue weighted by Crippen LogP contribution is -2.01. The summed E-state index contributed by atoms with van der Waals surface area (Å²) in [5, 5.41) is 1.10. The van der Waals surface area contributed by atoms with Crippen molar-refractivity contribution >= 4 is 16.9 Å². The number of ether oxygens (including phenoxy) is 1. The van der Waals surface area contributed by atoms with Crippen molar-refractivity contribution in [2.24, 2.45) is 5.73 Å². The molecule has 1 aromatic heterocycles. The number of hydrogen-bond acceptors (Lipinski definition) is 3. The number of carbonyl (C=O) groups excluding carboxylic acids is 1. The molecule has 0 atom stereocenters. The predicted molar refractivity (Wildman–Crippen MR) is 96.6 cm³/mol. The number of fused-ring (bicyclic) bond motifs is 1. The number of benzene rings is 2. The summed E-state index contributed by atoms with van der Waals surface area (Å²) in [6, 6.07) is 16.0. The van der Waals surface area contributed by atoms with E-state index in [0.717, 1.165) is 35.9 Å². The summed E-state index contributed by atoms with van der Waals surface area (Å²) in [5.74, 6) is -0.308. The van der Waals surface area contributed by atoms with E-state index in [9.17, 15) is 4.79 Å². The van der Waals surface area contributed by atoms with Crippen molar-refractivity contribution in [1.82, 2.24) is 4.57 Å². The third-order valence-corrected chi connectivity index (χ3v) is 4.24. The average molecular weight is 322 g/mol. The van der Waals surface area contributed by atoms with Gasteiger partial charge in [-0.05, 0) is 61.7 Å². The topological polar surface area (TPSA) is 57.2 Å². The Labute approximate surface area is 141 Å². The summed E-state index contributed by atoms with van der Waals surface area (Å²) in [5.41, 5.74) is 9.63. The van der Waals surface area contributed by atoms with Crippen LogP contribution in [0.2, 0.25) is 0 Å². The smallest absolute Gasteiger partial charge is 0.337 e. The highest BCUT2D eigenvalue weighted by atomic mass is 16.5. The number of unbranched alkanes of at least 4 members (excludes halogenated alkanes) is 1. The van der Waals surface area contributed by atoms with Crippen molar-refractivity contribution in [3.05, 3.63) is 65.9 Å². The zero-order chi connectivity index (χ0) is 16.9. The first kappa shape index (κ1) is 16.3. The van der Waals surface area contributed by atoms with E-state index >= 15 is 0 Å². The summed E-state index contributed by atoms with van der Waals surface area (Å²) in [6.07, 6.45) is 5.14. The molecular formula is C20H22N2O2. The molecule has 0 bridgehead atoms. The number of nitrogens with zero attached hydrogens (tertiary/aromatic N) is 1. The number of carbonyl (C=O) groups is 1. The number of methoxy groups -OCH3 is 1. The highest BCUT2D eigenvalue weighted by Crippen LogP contribution is 2.27. The van der Waals surface area contributed by atoms with E-state index in [2.05, 4.69) is 22.9 Å². The number of nitrogens with two attached hydrogens (primary N) is 1. The third-order valence-electron chi connectivity index (χ3n) is 4.24.